The van der Waals surface area contributed by atoms with Crippen molar-refractivity contribution in [2.75, 3.05) is 19.7 Å². The Labute approximate surface area is 185 Å². The summed E-state index contributed by atoms with van der Waals surface area (Å²) in [5.74, 6) is -2.17. The molecular weight excluding hydrogens is 410 g/mol. The Kier molecular flexibility index (Phi) is 5.36. The van der Waals surface area contributed by atoms with Gasteiger partial charge < -0.3 is 14.2 Å². The monoisotopic (exact) mass is 433 g/mol. The number of pyridine rings is 1. The Morgan fingerprint density at radius 3 is 2.59 bits per heavy atom. The molecule has 0 radical (unpaired) electrons. The fourth-order valence-corrected chi connectivity index (χ4v) is 4.18. The number of rotatable bonds is 6. The third-order valence-corrected chi connectivity index (χ3v) is 5.68. The van der Waals surface area contributed by atoms with Crippen molar-refractivity contribution >= 4 is 17.5 Å². The summed E-state index contributed by atoms with van der Waals surface area (Å²) in [4.78, 5) is 26.5. The summed E-state index contributed by atoms with van der Waals surface area (Å²) in [6.45, 7) is 1.68. The molecule has 0 fully saturated rings. The maximum Gasteiger partial charge on any atom is 0.349 e. The van der Waals surface area contributed by atoms with Gasteiger partial charge in [-0.05, 0) is 43.0 Å². The molecule has 0 bridgehead atoms. The van der Waals surface area contributed by atoms with Crippen LogP contribution in [0, 0.1) is 0 Å². The molecule has 4 heterocycles. The van der Waals surface area contributed by atoms with Crippen LogP contribution in [0.5, 0.6) is 5.88 Å². The summed E-state index contributed by atoms with van der Waals surface area (Å²) in [6.07, 6.45) is 6.39. The zero-order valence-electron chi connectivity index (χ0n) is 17.5. The molecule has 0 amide bonds. The van der Waals surface area contributed by atoms with E-state index in [1.54, 1.807) is 4.52 Å². The Hall–Kier alpha value is -3.65. The molecule has 2 aliphatic heterocycles. The number of carbonyl (C=O) groups is 2. The third kappa shape index (κ3) is 3.85. The van der Waals surface area contributed by atoms with E-state index in [1.807, 2.05) is 59.6 Å². The van der Waals surface area contributed by atoms with Crippen LogP contribution < -0.4 is 4.74 Å². The van der Waals surface area contributed by atoms with E-state index in [2.05, 4.69) is 5.10 Å². The lowest BCUT2D eigenvalue weighted by Gasteiger charge is -2.44. The van der Waals surface area contributed by atoms with Gasteiger partial charge in [0.05, 0.1) is 17.7 Å². The van der Waals surface area contributed by atoms with Crippen molar-refractivity contribution in [1.82, 2.24) is 14.5 Å². The molecule has 1 aromatic carbocycles. The average Bonchev–Trinajstić information content (AvgIpc) is 3.15. The predicted octanol–water partition coefficient (Wildman–Crippen LogP) is 2.82. The zero-order chi connectivity index (χ0) is 22.0. The van der Waals surface area contributed by atoms with Crippen LogP contribution in [0.15, 0.2) is 66.9 Å². The van der Waals surface area contributed by atoms with Gasteiger partial charge in [-0.2, -0.15) is 0 Å². The number of esters is 2. The van der Waals surface area contributed by atoms with Crippen molar-refractivity contribution in [3.63, 3.8) is 0 Å². The number of benzene rings is 1. The molecule has 1 spiro atoms. The van der Waals surface area contributed by atoms with Crippen LogP contribution in [0.1, 0.15) is 24.0 Å². The average molecular weight is 433 g/mol. The van der Waals surface area contributed by atoms with Gasteiger partial charge in [0.2, 0.25) is 5.88 Å². The summed E-state index contributed by atoms with van der Waals surface area (Å²) in [5, 5.41) is 4.38. The van der Waals surface area contributed by atoms with Gasteiger partial charge in [-0.3, -0.25) is 0 Å². The van der Waals surface area contributed by atoms with Crippen LogP contribution in [0.2, 0.25) is 0 Å². The normalized spacial score (nSPS) is 17.6. The number of unbranched alkanes of at least 4 members (excludes halogenated alkanes) is 1. The van der Waals surface area contributed by atoms with Gasteiger partial charge in [-0.25, -0.2) is 19.0 Å². The minimum Gasteiger partial charge on any atom is -0.477 e. The van der Waals surface area contributed by atoms with E-state index in [1.165, 1.54) is 0 Å². The highest BCUT2D eigenvalue weighted by Gasteiger charge is 2.50. The van der Waals surface area contributed by atoms with Crippen molar-refractivity contribution < 1.29 is 23.8 Å². The Balaban J connectivity index is 1.26. The molecule has 0 saturated heterocycles. The van der Waals surface area contributed by atoms with Crippen molar-refractivity contribution in [2.45, 2.75) is 25.2 Å². The molecule has 0 saturated carbocycles. The van der Waals surface area contributed by atoms with Crippen molar-refractivity contribution in [2.24, 2.45) is 0 Å². The molecule has 2 aromatic heterocycles. The first kappa shape index (κ1) is 20.3. The molecule has 8 nitrogen and oxygen atoms in total. The number of ether oxygens (including phenoxy) is 3. The molecule has 0 unspecified atom stereocenters. The fourth-order valence-electron chi connectivity index (χ4n) is 4.18. The molecule has 0 N–H and O–H groups in total. The van der Waals surface area contributed by atoms with E-state index < -0.39 is 17.8 Å². The van der Waals surface area contributed by atoms with Crippen molar-refractivity contribution in [3.05, 3.63) is 78.0 Å². The first-order valence-electron chi connectivity index (χ1n) is 10.7. The lowest BCUT2D eigenvalue weighted by molar-refractivity contribution is -0.295. The number of hydrogen-bond donors (Lipinski definition) is 0. The summed E-state index contributed by atoms with van der Waals surface area (Å²) in [6, 6.07) is 15.3. The van der Waals surface area contributed by atoms with Gasteiger partial charge in [0.15, 0.2) is 0 Å². The molecule has 2 aliphatic rings. The third-order valence-electron chi connectivity index (χ3n) is 5.68. The van der Waals surface area contributed by atoms with Gasteiger partial charge in [0.25, 0.3) is 0 Å². The maximum absolute atomic E-state index is 12.3. The number of hydrogen-bond acceptors (Lipinski definition) is 7. The van der Waals surface area contributed by atoms with Crippen LogP contribution in [0.4, 0.5) is 0 Å². The molecule has 0 atom stereocenters. The lowest BCUT2D eigenvalue weighted by Crippen LogP contribution is -2.55. The van der Waals surface area contributed by atoms with E-state index in [9.17, 15) is 9.59 Å². The number of aromatic nitrogens is 2. The maximum atomic E-state index is 12.3. The highest BCUT2D eigenvalue weighted by atomic mass is 16.8. The molecule has 0 aliphatic carbocycles. The molecular formula is C24H23N3O5. The number of fused-ring (bicyclic) bond motifs is 3. The van der Waals surface area contributed by atoms with Gasteiger partial charge in [-0.15, -0.1) is 5.10 Å². The van der Waals surface area contributed by atoms with E-state index in [-0.39, 0.29) is 0 Å². The van der Waals surface area contributed by atoms with Gasteiger partial charge in [-0.1, -0.05) is 24.3 Å². The van der Waals surface area contributed by atoms with Gasteiger partial charge in [0, 0.05) is 37.5 Å². The highest BCUT2D eigenvalue weighted by molar-refractivity contribution is 5.93. The standard InChI is InChI=1S/C24H23N3O5/c28-22-10-11-23(29)32-24(31-22)20-9-2-1-7-18(20)12-15-26(24)13-5-6-16-30-21-17-19-8-3-4-14-27(19)25-21/h1-4,7-11,14,17H,5-6,12-13,15-16H2. The van der Waals surface area contributed by atoms with E-state index >= 15 is 0 Å². The summed E-state index contributed by atoms with van der Waals surface area (Å²) in [7, 11) is 0. The van der Waals surface area contributed by atoms with E-state index in [4.69, 9.17) is 14.2 Å². The second-order valence-corrected chi connectivity index (χ2v) is 7.76. The van der Waals surface area contributed by atoms with Crippen LogP contribution in [0.3, 0.4) is 0 Å². The highest BCUT2D eigenvalue weighted by Crippen LogP contribution is 2.39. The van der Waals surface area contributed by atoms with E-state index in [0.717, 1.165) is 42.5 Å². The van der Waals surface area contributed by atoms with Crippen LogP contribution >= 0.6 is 0 Å². The first-order chi connectivity index (χ1) is 15.6. The minimum absolute atomic E-state index is 0.502. The largest absolute Gasteiger partial charge is 0.477 e. The summed E-state index contributed by atoms with van der Waals surface area (Å²) in [5.41, 5.74) is 2.67. The number of carbonyl (C=O) groups excluding carboxylic acids is 2. The second-order valence-electron chi connectivity index (χ2n) is 7.76. The van der Waals surface area contributed by atoms with Crippen LogP contribution in [0.25, 0.3) is 5.52 Å². The minimum atomic E-state index is -1.55. The van der Waals surface area contributed by atoms with E-state index in [0.29, 0.717) is 31.1 Å². The molecule has 164 valence electrons. The second kappa shape index (κ2) is 8.47. The number of nitrogens with zero attached hydrogens (tertiary/aromatic N) is 3. The molecule has 8 heteroatoms. The zero-order valence-corrected chi connectivity index (χ0v) is 17.5. The smallest absolute Gasteiger partial charge is 0.349 e. The lowest BCUT2D eigenvalue weighted by atomic mass is 9.95. The summed E-state index contributed by atoms with van der Waals surface area (Å²) >= 11 is 0. The quantitative estimate of drug-likeness (QED) is 0.437. The molecule has 5 rings (SSSR count). The van der Waals surface area contributed by atoms with Crippen molar-refractivity contribution in [1.29, 1.82) is 0 Å². The molecule has 32 heavy (non-hydrogen) atoms. The van der Waals surface area contributed by atoms with Gasteiger partial charge in [0.1, 0.15) is 0 Å². The van der Waals surface area contributed by atoms with Crippen molar-refractivity contribution in [3.8, 4) is 5.88 Å². The summed E-state index contributed by atoms with van der Waals surface area (Å²) < 4.78 is 19.0. The Morgan fingerprint density at radius 2 is 1.78 bits per heavy atom. The topological polar surface area (TPSA) is 82.4 Å². The SMILES string of the molecule is O=C1C=CC(=O)OC2(O1)c1ccccc1CCN2CCCCOc1cc2ccccn2n1. The first-order valence-corrected chi connectivity index (χ1v) is 10.7. The fraction of sp³-hybridized carbons (Fsp3) is 0.292. The Bertz CT molecular complexity index is 1130. The Morgan fingerprint density at radius 1 is 1.00 bits per heavy atom. The molecule has 3 aromatic rings. The van der Waals surface area contributed by atoms with Gasteiger partial charge >= 0.3 is 17.8 Å². The predicted molar refractivity (Wildman–Crippen MR) is 115 cm³/mol. The van der Waals surface area contributed by atoms with Crippen LogP contribution in [-0.4, -0.2) is 46.1 Å². The van der Waals surface area contributed by atoms with Crippen LogP contribution in [-0.2, 0) is 31.4 Å².